The summed E-state index contributed by atoms with van der Waals surface area (Å²) in [7, 11) is -1.91. The first kappa shape index (κ1) is 19.9. The predicted octanol–water partition coefficient (Wildman–Crippen LogP) is 3.31. The van der Waals surface area contributed by atoms with Gasteiger partial charge in [0.25, 0.3) is 5.91 Å². The quantitative estimate of drug-likeness (QED) is 0.792. The summed E-state index contributed by atoms with van der Waals surface area (Å²) in [5, 5.41) is 11.9. The molecule has 2 aromatic rings. The number of anilines is 1. The zero-order valence-electron chi connectivity index (χ0n) is 15.5. The van der Waals surface area contributed by atoms with Crippen LogP contribution >= 0.6 is 11.3 Å². The number of aromatic nitrogens is 2. The molecule has 7 nitrogen and oxygen atoms in total. The Morgan fingerprint density at radius 2 is 1.85 bits per heavy atom. The van der Waals surface area contributed by atoms with Crippen LogP contribution in [-0.4, -0.2) is 41.9 Å². The molecule has 27 heavy (non-hydrogen) atoms. The van der Waals surface area contributed by atoms with E-state index in [1.54, 1.807) is 7.05 Å². The highest BCUT2D eigenvalue weighted by Gasteiger charge is 2.29. The van der Waals surface area contributed by atoms with Crippen LogP contribution in [0.4, 0.5) is 5.13 Å². The summed E-state index contributed by atoms with van der Waals surface area (Å²) in [5.74, 6) is -0.335. The van der Waals surface area contributed by atoms with E-state index >= 15 is 0 Å². The molecule has 9 heteroatoms. The van der Waals surface area contributed by atoms with Gasteiger partial charge in [0.1, 0.15) is 5.01 Å². The molecule has 0 atom stereocenters. The molecule has 1 aliphatic rings. The van der Waals surface area contributed by atoms with Gasteiger partial charge in [0.15, 0.2) is 0 Å². The van der Waals surface area contributed by atoms with Gasteiger partial charge in [-0.2, -0.15) is 4.31 Å². The fourth-order valence-corrected chi connectivity index (χ4v) is 5.29. The SMILES string of the molecule is CCc1nnc(NC(=O)c2ccc(S(=O)(=O)N(C)C3CCCCC3)cc2)s1. The summed E-state index contributed by atoms with van der Waals surface area (Å²) >= 11 is 1.33. The maximum Gasteiger partial charge on any atom is 0.257 e. The summed E-state index contributed by atoms with van der Waals surface area (Å²) in [5.41, 5.74) is 0.377. The summed E-state index contributed by atoms with van der Waals surface area (Å²) < 4.78 is 27.2. The van der Waals surface area contributed by atoms with E-state index in [9.17, 15) is 13.2 Å². The van der Waals surface area contributed by atoms with Gasteiger partial charge in [0.05, 0.1) is 4.90 Å². The first-order valence-corrected chi connectivity index (χ1v) is 11.4. The number of carbonyl (C=O) groups excluding carboxylic acids is 1. The predicted molar refractivity (Wildman–Crippen MR) is 106 cm³/mol. The third-order valence-corrected chi connectivity index (χ3v) is 7.78. The van der Waals surface area contributed by atoms with Crippen molar-refractivity contribution < 1.29 is 13.2 Å². The van der Waals surface area contributed by atoms with E-state index in [0.29, 0.717) is 10.7 Å². The zero-order chi connectivity index (χ0) is 19.4. The summed E-state index contributed by atoms with van der Waals surface area (Å²) in [6, 6.07) is 6.08. The van der Waals surface area contributed by atoms with Crippen molar-refractivity contribution in [3.05, 3.63) is 34.8 Å². The standard InChI is InChI=1S/C18H24N4O3S2/c1-3-16-20-21-18(26-16)19-17(23)13-9-11-15(12-10-13)27(24,25)22(2)14-7-5-4-6-8-14/h9-12,14H,3-8H2,1-2H3,(H,19,21,23). The molecular weight excluding hydrogens is 384 g/mol. The molecule has 0 bridgehead atoms. The second-order valence-electron chi connectivity index (χ2n) is 6.65. The number of hydrogen-bond acceptors (Lipinski definition) is 6. The van der Waals surface area contributed by atoms with Crippen molar-refractivity contribution >= 4 is 32.4 Å². The number of nitrogens with zero attached hydrogens (tertiary/aromatic N) is 3. The Hall–Kier alpha value is -1.84. The monoisotopic (exact) mass is 408 g/mol. The van der Waals surface area contributed by atoms with Gasteiger partial charge in [-0.1, -0.05) is 37.5 Å². The van der Waals surface area contributed by atoms with Gasteiger partial charge in [-0.25, -0.2) is 8.42 Å². The number of benzene rings is 1. The molecule has 0 radical (unpaired) electrons. The van der Waals surface area contributed by atoms with Crippen molar-refractivity contribution in [2.75, 3.05) is 12.4 Å². The van der Waals surface area contributed by atoms with Crippen molar-refractivity contribution in [3.63, 3.8) is 0 Å². The molecule has 1 saturated carbocycles. The fourth-order valence-electron chi connectivity index (χ4n) is 3.20. The maximum absolute atomic E-state index is 12.8. The molecule has 1 aliphatic carbocycles. The Labute approximate surface area is 163 Å². The average Bonchev–Trinajstić information content (AvgIpc) is 3.15. The third-order valence-electron chi connectivity index (χ3n) is 4.87. The molecule has 0 unspecified atom stereocenters. The highest BCUT2D eigenvalue weighted by atomic mass is 32.2. The van der Waals surface area contributed by atoms with E-state index in [1.165, 1.54) is 46.3 Å². The van der Waals surface area contributed by atoms with Crippen LogP contribution in [0.5, 0.6) is 0 Å². The van der Waals surface area contributed by atoms with Crippen molar-refractivity contribution in [2.45, 2.75) is 56.4 Å². The van der Waals surface area contributed by atoms with Crippen molar-refractivity contribution in [3.8, 4) is 0 Å². The summed E-state index contributed by atoms with van der Waals surface area (Å²) in [4.78, 5) is 12.5. The van der Waals surface area contributed by atoms with Crippen LogP contribution in [0.15, 0.2) is 29.2 Å². The molecular formula is C18H24N4O3S2. The fraction of sp³-hybridized carbons (Fsp3) is 0.500. The number of nitrogens with one attached hydrogen (secondary N) is 1. The van der Waals surface area contributed by atoms with E-state index in [2.05, 4.69) is 15.5 Å². The number of aryl methyl sites for hydroxylation is 1. The van der Waals surface area contributed by atoms with Crippen LogP contribution in [-0.2, 0) is 16.4 Å². The van der Waals surface area contributed by atoms with Crippen molar-refractivity contribution in [1.82, 2.24) is 14.5 Å². The molecule has 1 aromatic heterocycles. The lowest BCUT2D eigenvalue weighted by Gasteiger charge is -2.30. The van der Waals surface area contributed by atoms with Crippen LogP contribution < -0.4 is 5.32 Å². The second kappa shape index (κ2) is 8.45. The number of carbonyl (C=O) groups is 1. The van der Waals surface area contributed by atoms with E-state index in [0.717, 1.165) is 37.1 Å². The molecule has 0 saturated heterocycles. The molecule has 3 rings (SSSR count). The second-order valence-corrected chi connectivity index (χ2v) is 9.71. The zero-order valence-corrected chi connectivity index (χ0v) is 17.1. The van der Waals surface area contributed by atoms with Gasteiger partial charge in [-0.3, -0.25) is 10.1 Å². The highest BCUT2D eigenvalue weighted by molar-refractivity contribution is 7.89. The molecule has 146 valence electrons. The van der Waals surface area contributed by atoms with E-state index in [-0.39, 0.29) is 16.8 Å². The minimum atomic E-state index is -3.56. The first-order valence-electron chi connectivity index (χ1n) is 9.13. The normalized spacial score (nSPS) is 15.8. The Bertz CT molecular complexity index is 888. The van der Waals surface area contributed by atoms with Gasteiger partial charge in [0.2, 0.25) is 15.2 Å². The molecule has 1 aromatic carbocycles. The van der Waals surface area contributed by atoms with E-state index in [4.69, 9.17) is 0 Å². The van der Waals surface area contributed by atoms with E-state index in [1.807, 2.05) is 6.92 Å². The van der Waals surface area contributed by atoms with Gasteiger partial charge in [-0.15, -0.1) is 10.2 Å². The number of hydrogen-bond donors (Lipinski definition) is 1. The van der Waals surface area contributed by atoms with Crippen LogP contribution in [0.1, 0.15) is 54.4 Å². The lowest BCUT2D eigenvalue weighted by Crippen LogP contribution is -2.38. The largest absolute Gasteiger partial charge is 0.296 e. The van der Waals surface area contributed by atoms with Gasteiger partial charge in [-0.05, 0) is 43.5 Å². The summed E-state index contributed by atoms with van der Waals surface area (Å²) in [6.07, 6.45) is 5.86. The smallest absolute Gasteiger partial charge is 0.257 e. The van der Waals surface area contributed by atoms with Crippen LogP contribution in [0.2, 0.25) is 0 Å². The molecule has 1 fully saturated rings. The van der Waals surface area contributed by atoms with Gasteiger partial charge in [0, 0.05) is 18.7 Å². The Morgan fingerprint density at radius 3 is 2.44 bits per heavy atom. The Kier molecular flexibility index (Phi) is 6.23. The Balaban J connectivity index is 1.70. The third kappa shape index (κ3) is 4.53. The minimum absolute atomic E-state index is 0.0527. The van der Waals surface area contributed by atoms with Crippen molar-refractivity contribution in [1.29, 1.82) is 0 Å². The minimum Gasteiger partial charge on any atom is -0.296 e. The highest BCUT2D eigenvalue weighted by Crippen LogP contribution is 2.26. The number of rotatable bonds is 6. The lowest BCUT2D eigenvalue weighted by atomic mass is 9.96. The molecule has 1 N–H and O–H groups in total. The number of sulfonamides is 1. The number of amides is 1. The Morgan fingerprint density at radius 1 is 1.19 bits per heavy atom. The lowest BCUT2D eigenvalue weighted by molar-refractivity contribution is 0.102. The molecule has 1 heterocycles. The molecule has 1 amide bonds. The van der Waals surface area contributed by atoms with Crippen LogP contribution in [0.3, 0.4) is 0 Å². The first-order chi connectivity index (χ1) is 12.9. The summed E-state index contributed by atoms with van der Waals surface area (Å²) in [6.45, 7) is 1.97. The average molecular weight is 409 g/mol. The molecule has 0 aliphatic heterocycles. The van der Waals surface area contributed by atoms with Crippen molar-refractivity contribution in [2.24, 2.45) is 0 Å². The van der Waals surface area contributed by atoms with Crippen LogP contribution in [0, 0.1) is 0 Å². The van der Waals surface area contributed by atoms with Crippen LogP contribution in [0.25, 0.3) is 0 Å². The van der Waals surface area contributed by atoms with E-state index < -0.39 is 10.0 Å². The maximum atomic E-state index is 12.8. The topological polar surface area (TPSA) is 92.3 Å². The molecule has 0 spiro atoms. The van der Waals surface area contributed by atoms with Gasteiger partial charge < -0.3 is 0 Å². The van der Waals surface area contributed by atoms with Gasteiger partial charge >= 0.3 is 0 Å².